The highest BCUT2D eigenvalue weighted by Gasteiger charge is 2.11. The second-order valence-electron chi connectivity index (χ2n) is 6.26. The van der Waals surface area contributed by atoms with Crippen molar-refractivity contribution in [3.63, 3.8) is 0 Å². The number of hydrogen-bond acceptors (Lipinski definition) is 4. The van der Waals surface area contributed by atoms with E-state index < -0.39 is 0 Å². The van der Waals surface area contributed by atoms with Crippen LogP contribution >= 0.6 is 0 Å². The molecule has 0 radical (unpaired) electrons. The van der Waals surface area contributed by atoms with Crippen molar-refractivity contribution >= 4 is 5.96 Å². The largest absolute Gasteiger partial charge is 0.497 e. The van der Waals surface area contributed by atoms with Crippen LogP contribution < -0.4 is 20.1 Å². The molecule has 142 valence electrons. The molecule has 2 N–H and O–H groups in total. The summed E-state index contributed by atoms with van der Waals surface area (Å²) in [6.45, 7) is 3.45. The minimum absolute atomic E-state index is 0.430. The van der Waals surface area contributed by atoms with Crippen LogP contribution in [0.15, 0.2) is 59.7 Å². The number of guanidine groups is 1. The van der Waals surface area contributed by atoms with Crippen LogP contribution in [0.5, 0.6) is 17.4 Å². The summed E-state index contributed by atoms with van der Waals surface area (Å²) in [5, 5.41) is 6.75. The minimum atomic E-state index is 0.430. The van der Waals surface area contributed by atoms with Crippen LogP contribution in [0.25, 0.3) is 0 Å². The predicted molar refractivity (Wildman–Crippen MR) is 107 cm³/mol. The van der Waals surface area contributed by atoms with Crippen molar-refractivity contribution in [2.24, 2.45) is 4.99 Å². The number of aromatic nitrogens is 1. The third-order valence-electron chi connectivity index (χ3n) is 4.17. The number of methoxy groups -OCH3 is 1. The number of hydrogen-bond donors (Lipinski definition) is 2. The molecule has 0 spiro atoms. The molecule has 1 aromatic carbocycles. The highest BCUT2D eigenvalue weighted by atomic mass is 16.5. The van der Waals surface area contributed by atoms with Gasteiger partial charge in [0.25, 0.3) is 0 Å². The summed E-state index contributed by atoms with van der Waals surface area (Å²) in [7, 11) is 1.63. The molecular formula is C21H26N4O2. The number of pyridine rings is 1. The molecule has 1 aromatic heterocycles. The summed E-state index contributed by atoms with van der Waals surface area (Å²) in [5.74, 6) is 2.82. The normalized spacial score (nSPS) is 14.2. The average molecular weight is 366 g/mol. The molecule has 1 heterocycles. The zero-order valence-electron chi connectivity index (χ0n) is 15.8. The van der Waals surface area contributed by atoms with E-state index in [4.69, 9.17) is 9.47 Å². The molecule has 6 nitrogen and oxygen atoms in total. The van der Waals surface area contributed by atoms with Gasteiger partial charge in [-0.1, -0.05) is 24.3 Å². The van der Waals surface area contributed by atoms with Gasteiger partial charge in [-0.15, -0.1) is 0 Å². The van der Waals surface area contributed by atoms with Gasteiger partial charge in [0.2, 0.25) is 5.88 Å². The van der Waals surface area contributed by atoms with E-state index >= 15 is 0 Å². The van der Waals surface area contributed by atoms with Gasteiger partial charge >= 0.3 is 0 Å². The van der Waals surface area contributed by atoms with Crippen LogP contribution in [0.1, 0.15) is 25.3 Å². The molecule has 0 saturated heterocycles. The Morgan fingerprint density at radius 1 is 1.19 bits per heavy atom. The Kier molecular flexibility index (Phi) is 6.68. The van der Waals surface area contributed by atoms with E-state index in [1.165, 1.54) is 0 Å². The Bertz CT molecular complexity index is 779. The van der Waals surface area contributed by atoms with Gasteiger partial charge in [-0.3, -0.25) is 0 Å². The lowest BCUT2D eigenvalue weighted by molar-refractivity contribution is 0.407. The number of ether oxygens (including phenoxy) is 2. The van der Waals surface area contributed by atoms with E-state index in [2.05, 4.69) is 39.7 Å². The van der Waals surface area contributed by atoms with Crippen LogP contribution in [0.3, 0.4) is 0 Å². The summed E-state index contributed by atoms with van der Waals surface area (Å²) in [5.41, 5.74) is 1.02. The average Bonchev–Trinajstić information content (AvgIpc) is 3.21. The zero-order valence-corrected chi connectivity index (χ0v) is 15.8. The lowest BCUT2D eigenvalue weighted by Gasteiger charge is -2.16. The van der Waals surface area contributed by atoms with Gasteiger partial charge in [-0.2, -0.15) is 0 Å². The summed E-state index contributed by atoms with van der Waals surface area (Å²) >= 11 is 0. The smallest absolute Gasteiger partial charge is 0.219 e. The fourth-order valence-electron chi connectivity index (χ4n) is 2.77. The van der Waals surface area contributed by atoms with Crippen LogP contribution in [0.4, 0.5) is 0 Å². The Hall–Kier alpha value is -3.02. The molecule has 0 aliphatic heterocycles. The standard InChI is InChI=1S/C21H26N4O2/c1-3-22-21(25-17-7-4-5-8-17)24-15-16-11-12-20(23-14-16)27-19-10-6-9-18(13-19)26-2/h4-6,9-14,17H,3,7-8,15H2,1-2H3,(H2,22,24,25). The van der Waals surface area contributed by atoms with Gasteiger partial charge in [0.1, 0.15) is 11.5 Å². The first-order chi connectivity index (χ1) is 13.3. The van der Waals surface area contributed by atoms with Gasteiger partial charge < -0.3 is 20.1 Å². The van der Waals surface area contributed by atoms with Crippen LogP contribution in [0.2, 0.25) is 0 Å². The molecule has 1 aliphatic rings. The maximum atomic E-state index is 5.77. The molecule has 27 heavy (non-hydrogen) atoms. The van der Waals surface area contributed by atoms with Gasteiger partial charge in [0.05, 0.1) is 13.7 Å². The summed E-state index contributed by atoms with van der Waals surface area (Å²) in [6, 6.07) is 11.7. The van der Waals surface area contributed by atoms with Crippen LogP contribution in [-0.4, -0.2) is 30.6 Å². The van der Waals surface area contributed by atoms with E-state index in [1.54, 1.807) is 13.3 Å². The van der Waals surface area contributed by atoms with Crippen molar-refractivity contribution in [1.29, 1.82) is 0 Å². The third kappa shape index (κ3) is 5.74. The fraction of sp³-hybridized carbons (Fsp3) is 0.333. The Balaban J connectivity index is 1.58. The van der Waals surface area contributed by atoms with Crippen molar-refractivity contribution in [3.05, 3.63) is 60.3 Å². The van der Waals surface area contributed by atoms with Crippen molar-refractivity contribution in [1.82, 2.24) is 15.6 Å². The van der Waals surface area contributed by atoms with E-state index in [9.17, 15) is 0 Å². The van der Waals surface area contributed by atoms with Crippen molar-refractivity contribution < 1.29 is 9.47 Å². The highest BCUT2D eigenvalue weighted by Crippen LogP contribution is 2.23. The first-order valence-electron chi connectivity index (χ1n) is 9.23. The van der Waals surface area contributed by atoms with E-state index in [0.717, 1.165) is 36.7 Å². The first-order valence-corrected chi connectivity index (χ1v) is 9.23. The monoisotopic (exact) mass is 366 g/mol. The van der Waals surface area contributed by atoms with Crippen LogP contribution in [-0.2, 0) is 6.54 Å². The molecule has 2 aromatic rings. The highest BCUT2D eigenvalue weighted by molar-refractivity contribution is 5.80. The third-order valence-corrected chi connectivity index (χ3v) is 4.17. The second kappa shape index (κ2) is 9.62. The molecule has 3 rings (SSSR count). The first kappa shape index (κ1) is 18.8. The fourth-order valence-corrected chi connectivity index (χ4v) is 2.77. The lowest BCUT2D eigenvalue weighted by atomic mass is 10.2. The maximum Gasteiger partial charge on any atom is 0.219 e. The number of benzene rings is 1. The summed E-state index contributed by atoms with van der Waals surface area (Å²) in [4.78, 5) is 9.03. The summed E-state index contributed by atoms with van der Waals surface area (Å²) < 4.78 is 11.0. The summed E-state index contributed by atoms with van der Waals surface area (Å²) in [6.07, 6.45) is 8.28. The topological polar surface area (TPSA) is 67.8 Å². The van der Waals surface area contributed by atoms with Crippen molar-refractivity contribution in [3.8, 4) is 17.4 Å². The minimum Gasteiger partial charge on any atom is -0.497 e. The van der Waals surface area contributed by atoms with Crippen molar-refractivity contribution in [2.45, 2.75) is 32.4 Å². The number of aliphatic imine (C=N–C) groups is 1. The van der Waals surface area contributed by atoms with E-state index in [-0.39, 0.29) is 0 Å². The molecule has 0 saturated carbocycles. The van der Waals surface area contributed by atoms with Gasteiger partial charge in [-0.05, 0) is 37.5 Å². The molecule has 0 fully saturated rings. The van der Waals surface area contributed by atoms with Crippen molar-refractivity contribution in [2.75, 3.05) is 13.7 Å². The van der Waals surface area contributed by atoms with E-state index in [1.807, 2.05) is 36.4 Å². The number of rotatable bonds is 7. The van der Waals surface area contributed by atoms with Crippen LogP contribution in [0, 0.1) is 0 Å². The van der Waals surface area contributed by atoms with Gasteiger partial charge in [-0.25, -0.2) is 9.98 Å². The Morgan fingerprint density at radius 2 is 2.00 bits per heavy atom. The Morgan fingerprint density at radius 3 is 2.70 bits per heavy atom. The molecule has 0 bridgehead atoms. The molecule has 0 unspecified atom stereocenters. The molecular weight excluding hydrogens is 340 g/mol. The predicted octanol–water partition coefficient (Wildman–Crippen LogP) is 3.66. The number of nitrogens with one attached hydrogen (secondary N) is 2. The quantitative estimate of drug-likeness (QED) is 0.445. The SMILES string of the molecule is CCNC(=NCc1ccc(Oc2cccc(OC)c2)nc1)NC1CC=CC1. The zero-order chi connectivity index (χ0) is 18.9. The lowest BCUT2D eigenvalue weighted by Crippen LogP contribution is -2.42. The Labute approximate surface area is 160 Å². The van der Waals surface area contributed by atoms with Gasteiger partial charge in [0, 0.05) is 30.9 Å². The van der Waals surface area contributed by atoms with Gasteiger partial charge in [0.15, 0.2) is 5.96 Å². The molecule has 1 aliphatic carbocycles. The molecule has 0 atom stereocenters. The maximum absolute atomic E-state index is 5.77. The molecule has 6 heteroatoms. The second-order valence-corrected chi connectivity index (χ2v) is 6.26. The number of nitrogens with zero attached hydrogens (tertiary/aromatic N) is 2. The van der Waals surface area contributed by atoms with E-state index in [0.29, 0.717) is 24.2 Å². The molecule has 0 amide bonds.